The smallest absolute Gasteiger partial charge is 0.253 e. The molecule has 24 heavy (non-hydrogen) atoms. The minimum Gasteiger partial charge on any atom is -0.467 e. The van der Waals surface area contributed by atoms with Crippen LogP contribution in [0.5, 0.6) is 0 Å². The summed E-state index contributed by atoms with van der Waals surface area (Å²) >= 11 is 7.10. The summed E-state index contributed by atoms with van der Waals surface area (Å²) in [6, 6.07) is 6.87. The van der Waals surface area contributed by atoms with Gasteiger partial charge < -0.3 is 20.2 Å². The van der Waals surface area contributed by atoms with Gasteiger partial charge in [0.15, 0.2) is 0 Å². The molecule has 0 radical (unpaired) electrons. The van der Waals surface area contributed by atoms with Crippen molar-refractivity contribution in [1.82, 2.24) is 5.32 Å². The second-order valence-corrected chi connectivity index (χ2v) is 5.44. The van der Waals surface area contributed by atoms with Gasteiger partial charge in [0.2, 0.25) is 0 Å². The van der Waals surface area contributed by atoms with E-state index < -0.39 is 0 Å². The van der Waals surface area contributed by atoms with Gasteiger partial charge in [-0.3, -0.25) is 9.93 Å². The highest BCUT2D eigenvalue weighted by molar-refractivity contribution is 7.97. The molecule has 0 unspecified atom stereocenters. The second-order valence-electron chi connectivity index (χ2n) is 4.36. The first-order valence-corrected chi connectivity index (χ1v) is 8.77. The van der Waals surface area contributed by atoms with E-state index in [0.29, 0.717) is 27.7 Å². The van der Waals surface area contributed by atoms with Gasteiger partial charge in [-0.25, -0.2) is 0 Å². The number of rotatable bonds is 7. The summed E-state index contributed by atoms with van der Waals surface area (Å²) in [7, 11) is 0. The van der Waals surface area contributed by atoms with E-state index in [-0.39, 0.29) is 19.1 Å². The van der Waals surface area contributed by atoms with Gasteiger partial charge in [0.25, 0.3) is 5.91 Å². The van der Waals surface area contributed by atoms with Gasteiger partial charge in [0, 0.05) is 17.1 Å². The van der Waals surface area contributed by atoms with Crippen molar-refractivity contribution in [1.29, 1.82) is 0 Å². The Bertz CT molecular complexity index is 636. The van der Waals surface area contributed by atoms with Gasteiger partial charge in [-0.05, 0) is 36.2 Å². The van der Waals surface area contributed by atoms with E-state index in [1.165, 1.54) is 0 Å². The first-order chi connectivity index (χ1) is 11.7. The Hall–Kier alpha value is -1.67. The van der Waals surface area contributed by atoms with Gasteiger partial charge in [-0.1, -0.05) is 25.4 Å². The van der Waals surface area contributed by atoms with E-state index in [2.05, 4.69) is 10.6 Å². The molecule has 1 aromatic carbocycles. The zero-order chi connectivity index (χ0) is 17.9. The molecule has 0 aliphatic heterocycles. The standard InChI is InChI=1S/C14H16ClN3O3S.C2H6/c15-11-7-12(18-8-9-2-1-5-21-9)10(6-13(11)22-16)14(20)17-3-4-19;1-2/h1-2,5-7,18-19H,3-4,8,16H2,(H,17,20);1-2H3. The molecule has 0 aliphatic rings. The number of nitrogens with one attached hydrogen (secondary N) is 2. The Morgan fingerprint density at radius 1 is 1.42 bits per heavy atom. The molecule has 0 aliphatic carbocycles. The minimum absolute atomic E-state index is 0.132. The maximum Gasteiger partial charge on any atom is 0.253 e. The lowest BCUT2D eigenvalue weighted by Gasteiger charge is -2.14. The average molecular weight is 372 g/mol. The van der Waals surface area contributed by atoms with Crippen LogP contribution in [0.15, 0.2) is 39.8 Å². The van der Waals surface area contributed by atoms with Gasteiger partial charge >= 0.3 is 0 Å². The summed E-state index contributed by atoms with van der Waals surface area (Å²) < 4.78 is 5.24. The SMILES string of the molecule is CC.NSc1cc(C(=O)NCCO)c(NCc2ccco2)cc1Cl. The van der Waals surface area contributed by atoms with E-state index in [1.807, 2.05) is 19.9 Å². The molecule has 0 saturated heterocycles. The van der Waals surface area contributed by atoms with Gasteiger partial charge in [-0.2, -0.15) is 0 Å². The summed E-state index contributed by atoms with van der Waals surface area (Å²) in [6.07, 6.45) is 1.58. The quantitative estimate of drug-likeness (QED) is 0.557. The van der Waals surface area contributed by atoms with Gasteiger partial charge in [0.05, 0.1) is 30.0 Å². The molecule has 2 rings (SSSR count). The number of hydrogen-bond donors (Lipinski definition) is 4. The molecule has 1 aromatic heterocycles. The van der Waals surface area contributed by atoms with Crippen molar-refractivity contribution in [3.63, 3.8) is 0 Å². The number of carbonyl (C=O) groups is 1. The maximum absolute atomic E-state index is 12.2. The molecule has 0 saturated carbocycles. The predicted octanol–water partition coefficient (Wildman–Crippen LogP) is 3.26. The molecular weight excluding hydrogens is 350 g/mol. The van der Waals surface area contributed by atoms with Crippen molar-refractivity contribution in [2.45, 2.75) is 25.3 Å². The fourth-order valence-electron chi connectivity index (χ4n) is 1.84. The van der Waals surface area contributed by atoms with Crippen LogP contribution >= 0.6 is 23.5 Å². The molecular formula is C16H22ClN3O3S. The number of nitrogens with two attached hydrogens (primary N) is 1. The van der Waals surface area contributed by atoms with Gasteiger partial charge in [0.1, 0.15) is 5.76 Å². The van der Waals surface area contributed by atoms with E-state index in [1.54, 1.807) is 24.5 Å². The third-order valence-electron chi connectivity index (χ3n) is 2.87. The monoisotopic (exact) mass is 371 g/mol. The van der Waals surface area contributed by atoms with Crippen molar-refractivity contribution >= 4 is 35.1 Å². The Balaban J connectivity index is 0.00000139. The van der Waals surface area contributed by atoms with Crippen LogP contribution < -0.4 is 15.8 Å². The zero-order valence-corrected chi connectivity index (χ0v) is 15.2. The number of carbonyl (C=O) groups excluding carboxylic acids is 1. The summed E-state index contributed by atoms with van der Waals surface area (Å²) in [5.74, 6) is 0.415. The van der Waals surface area contributed by atoms with Crippen molar-refractivity contribution in [2.75, 3.05) is 18.5 Å². The molecule has 1 amide bonds. The third-order valence-corrected chi connectivity index (χ3v) is 3.89. The molecule has 0 fully saturated rings. The molecule has 0 atom stereocenters. The van der Waals surface area contributed by atoms with Crippen LogP contribution in [0.1, 0.15) is 30.0 Å². The number of benzene rings is 1. The number of halogens is 1. The van der Waals surface area contributed by atoms with Crippen LogP contribution in [0.3, 0.4) is 0 Å². The highest BCUT2D eigenvalue weighted by Crippen LogP contribution is 2.30. The highest BCUT2D eigenvalue weighted by Gasteiger charge is 2.15. The van der Waals surface area contributed by atoms with E-state index >= 15 is 0 Å². The molecule has 0 bridgehead atoms. The first kappa shape index (κ1) is 20.4. The Morgan fingerprint density at radius 3 is 2.75 bits per heavy atom. The number of aliphatic hydroxyl groups excluding tert-OH is 1. The number of hydrogen-bond acceptors (Lipinski definition) is 6. The largest absolute Gasteiger partial charge is 0.467 e. The molecule has 132 valence electrons. The molecule has 5 N–H and O–H groups in total. The second kappa shape index (κ2) is 11.0. The van der Waals surface area contributed by atoms with Crippen molar-refractivity contribution < 1.29 is 14.3 Å². The molecule has 2 aromatic rings. The normalized spacial score (nSPS) is 9.88. The van der Waals surface area contributed by atoms with Crippen LogP contribution in [-0.4, -0.2) is 24.2 Å². The molecule has 1 heterocycles. The minimum atomic E-state index is -0.317. The topological polar surface area (TPSA) is 101 Å². The Morgan fingerprint density at radius 2 is 2.17 bits per heavy atom. The zero-order valence-electron chi connectivity index (χ0n) is 13.6. The molecule has 0 spiro atoms. The summed E-state index contributed by atoms with van der Waals surface area (Å²) in [5.41, 5.74) is 0.965. The summed E-state index contributed by atoms with van der Waals surface area (Å²) in [4.78, 5) is 12.8. The molecule has 6 nitrogen and oxygen atoms in total. The fourth-order valence-corrected chi connectivity index (χ4v) is 2.49. The third kappa shape index (κ3) is 5.76. The van der Waals surface area contributed by atoms with Crippen LogP contribution in [-0.2, 0) is 6.54 Å². The van der Waals surface area contributed by atoms with Crippen LogP contribution in [0.4, 0.5) is 5.69 Å². The number of anilines is 1. The Kier molecular flexibility index (Phi) is 9.33. The first-order valence-electron chi connectivity index (χ1n) is 7.51. The maximum atomic E-state index is 12.2. The van der Waals surface area contributed by atoms with Crippen molar-refractivity contribution in [3.8, 4) is 0 Å². The van der Waals surface area contributed by atoms with E-state index in [9.17, 15) is 4.79 Å². The lowest BCUT2D eigenvalue weighted by molar-refractivity contribution is 0.0945. The predicted molar refractivity (Wildman–Crippen MR) is 98.3 cm³/mol. The van der Waals surface area contributed by atoms with Gasteiger partial charge in [-0.15, -0.1) is 0 Å². The molecule has 8 heteroatoms. The number of amides is 1. The highest BCUT2D eigenvalue weighted by atomic mass is 35.5. The van der Waals surface area contributed by atoms with Crippen molar-refractivity contribution in [2.24, 2.45) is 5.14 Å². The van der Waals surface area contributed by atoms with Crippen LogP contribution in [0.2, 0.25) is 5.02 Å². The summed E-state index contributed by atoms with van der Waals surface area (Å²) in [5, 5.41) is 20.5. The lowest BCUT2D eigenvalue weighted by atomic mass is 10.1. The van der Waals surface area contributed by atoms with Crippen LogP contribution in [0.25, 0.3) is 0 Å². The summed E-state index contributed by atoms with van der Waals surface area (Å²) in [6.45, 7) is 4.45. The van der Waals surface area contributed by atoms with E-state index in [4.69, 9.17) is 26.3 Å². The Labute approximate surface area is 150 Å². The van der Waals surface area contributed by atoms with Crippen LogP contribution in [0, 0.1) is 0 Å². The number of aliphatic hydroxyl groups is 1. The fraction of sp³-hybridized carbons (Fsp3) is 0.312. The average Bonchev–Trinajstić information content (AvgIpc) is 3.13. The van der Waals surface area contributed by atoms with E-state index in [0.717, 1.165) is 17.7 Å². The van der Waals surface area contributed by atoms with Crippen molar-refractivity contribution in [3.05, 3.63) is 46.9 Å². The lowest BCUT2D eigenvalue weighted by Crippen LogP contribution is -2.27. The number of furan rings is 1.